The van der Waals surface area contributed by atoms with E-state index in [2.05, 4.69) is 18.0 Å². The molecule has 0 aliphatic carbocycles. The third-order valence-electron chi connectivity index (χ3n) is 3.63. The van der Waals surface area contributed by atoms with Gasteiger partial charge in [0.25, 0.3) is 0 Å². The van der Waals surface area contributed by atoms with Crippen LogP contribution < -0.4 is 0 Å². The van der Waals surface area contributed by atoms with Gasteiger partial charge in [-0.2, -0.15) is 0 Å². The minimum Gasteiger partial charge on any atom is -0.444 e. The summed E-state index contributed by atoms with van der Waals surface area (Å²) < 4.78 is 5.42. The summed E-state index contributed by atoms with van der Waals surface area (Å²) in [6.45, 7) is 9.27. The van der Waals surface area contributed by atoms with E-state index in [1.165, 1.54) is 5.56 Å². The van der Waals surface area contributed by atoms with Crippen LogP contribution in [-0.4, -0.2) is 34.7 Å². The smallest absolute Gasteiger partial charge is 0.410 e. The first-order valence-corrected chi connectivity index (χ1v) is 7.26. The molecule has 2 rings (SSSR count). The molecule has 1 amide bonds. The van der Waals surface area contributed by atoms with Gasteiger partial charge in [0.05, 0.1) is 0 Å². The van der Waals surface area contributed by atoms with Crippen molar-refractivity contribution < 1.29 is 9.53 Å². The quantitative estimate of drug-likeness (QED) is 0.788. The topological polar surface area (TPSA) is 42.4 Å². The number of ether oxygens (including phenoxy) is 1. The van der Waals surface area contributed by atoms with Crippen molar-refractivity contribution in [2.24, 2.45) is 0 Å². The first-order chi connectivity index (χ1) is 9.37. The van der Waals surface area contributed by atoms with Crippen LogP contribution in [0.3, 0.4) is 0 Å². The Labute approximate surface area is 121 Å². The van der Waals surface area contributed by atoms with Gasteiger partial charge in [0.2, 0.25) is 0 Å². The lowest BCUT2D eigenvalue weighted by Gasteiger charge is -2.33. The van der Waals surface area contributed by atoms with Crippen LogP contribution in [0, 0.1) is 6.92 Å². The van der Waals surface area contributed by atoms with Gasteiger partial charge in [-0.1, -0.05) is 6.07 Å². The SMILES string of the molecule is Cc1ncccc1C1CCN(C(=O)OC(C)(C)C)CC1. The number of hydrogen-bond donors (Lipinski definition) is 0. The summed E-state index contributed by atoms with van der Waals surface area (Å²) in [6, 6.07) is 4.14. The van der Waals surface area contributed by atoms with Gasteiger partial charge < -0.3 is 9.64 Å². The number of aromatic nitrogens is 1. The second kappa shape index (κ2) is 5.81. The number of carbonyl (C=O) groups excluding carboxylic acids is 1. The van der Waals surface area contributed by atoms with E-state index in [-0.39, 0.29) is 6.09 Å². The molecule has 1 aliphatic heterocycles. The van der Waals surface area contributed by atoms with Crippen LogP contribution in [0.4, 0.5) is 4.79 Å². The molecule has 0 saturated carbocycles. The van der Waals surface area contributed by atoms with E-state index in [9.17, 15) is 4.79 Å². The number of nitrogens with zero attached hydrogens (tertiary/aromatic N) is 2. The van der Waals surface area contributed by atoms with Gasteiger partial charge in [0.15, 0.2) is 0 Å². The van der Waals surface area contributed by atoms with Crippen LogP contribution in [0.5, 0.6) is 0 Å². The molecular weight excluding hydrogens is 252 g/mol. The van der Waals surface area contributed by atoms with Gasteiger partial charge >= 0.3 is 6.09 Å². The van der Waals surface area contributed by atoms with E-state index in [4.69, 9.17) is 4.74 Å². The molecule has 1 aromatic rings. The number of carbonyl (C=O) groups is 1. The van der Waals surface area contributed by atoms with E-state index >= 15 is 0 Å². The van der Waals surface area contributed by atoms with Crippen LogP contribution in [0.25, 0.3) is 0 Å². The molecule has 0 aromatic carbocycles. The van der Waals surface area contributed by atoms with E-state index in [1.807, 2.05) is 37.9 Å². The molecule has 1 fully saturated rings. The Morgan fingerprint density at radius 3 is 2.55 bits per heavy atom. The Kier molecular flexibility index (Phi) is 4.31. The highest BCUT2D eigenvalue weighted by Gasteiger charge is 2.27. The molecule has 0 radical (unpaired) electrons. The van der Waals surface area contributed by atoms with E-state index in [0.717, 1.165) is 31.6 Å². The van der Waals surface area contributed by atoms with Crippen molar-refractivity contribution in [2.45, 2.75) is 52.1 Å². The molecule has 110 valence electrons. The standard InChI is InChI=1S/C16H24N2O2/c1-12-14(6-5-9-17-12)13-7-10-18(11-8-13)15(19)20-16(2,3)4/h5-6,9,13H,7-8,10-11H2,1-4H3. The highest BCUT2D eigenvalue weighted by Crippen LogP contribution is 2.29. The number of aryl methyl sites for hydroxylation is 1. The number of piperidine rings is 1. The zero-order valence-corrected chi connectivity index (χ0v) is 12.8. The maximum Gasteiger partial charge on any atom is 0.410 e. The van der Waals surface area contributed by atoms with E-state index in [1.54, 1.807) is 0 Å². The van der Waals surface area contributed by atoms with Crippen molar-refractivity contribution in [2.75, 3.05) is 13.1 Å². The molecule has 0 atom stereocenters. The van der Waals surface area contributed by atoms with Crippen LogP contribution >= 0.6 is 0 Å². The van der Waals surface area contributed by atoms with Gasteiger partial charge in [0, 0.05) is 25.0 Å². The predicted molar refractivity (Wildman–Crippen MR) is 78.8 cm³/mol. The summed E-state index contributed by atoms with van der Waals surface area (Å²) in [6.07, 6.45) is 3.59. The van der Waals surface area contributed by atoms with Gasteiger partial charge in [-0.05, 0) is 58.1 Å². The fraction of sp³-hybridized carbons (Fsp3) is 0.625. The molecule has 0 spiro atoms. The number of rotatable bonds is 1. The number of hydrogen-bond acceptors (Lipinski definition) is 3. The summed E-state index contributed by atoms with van der Waals surface area (Å²) in [7, 11) is 0. The lowest BCUT2D eigenvalue weighted by Crippen LogP contribution is -2.41. The average Bonchev–Trinajstić information content (AvgIpc) is 2.37. The second-order valence-electron chi connectivity index (χ2n) is 6.42. The summed E-state index contributed by atoms with van der Waals surface area (Å²) in [4.78, 5) is 18.2. The number of amides is 1. The number of likely N-dealkylation sites (tertiary alicyclic amines) is 1. The molecule has 4 nitrogen and oxygen atoms in total. The van der Waals surface area contributed by atoms with Crippen LogP contribution in [0.2, 0.25) is 0 Å². The highest BCUT2D eigenvalue weighted by molar-refractivity contribution is 5.68. The zero-order valence-electron chi connectivity index (χ0n) is 12.8. The summed E-state index contributed by atoms with van der Waals surface area (Å²) in [5, 5.41) is 0. The van der Waals surface area contributed by atoms with Gasteiger partial charge in [-0.3, -0.25) is 4.98 Å². The predicted octanol–water partition coefficient (Wildman–Crippen LogP) is 3.50. The van der Waals surface area contributed by atoms with E-state index < -0.39 is 5.60 Å². The van der Waals surface area contributed by atoms with Crippen molar-refractivity contribution in [3.05, 3.63) is 29.6 Å². The Morgan fingerprint density at radius 2 is 2.00 bits per heavy atom. The molecule has 1 aromatic heterocycles. The molecule has 20 heavy (non-hydrogen) atoms. The van der Waals surface area contributed by atoms with Crippen molar-refractivity contribution in [1.29, 1.82) is 0 Å². The third kappa shape index (κ3) is 3.71. The van der Waals surface area contributed by atoms with Crippen molar-refractivity contribution in [3.63, 3.8) is 0 Å². The molecule has 0 unspecified atom stereocenters. The van der Waals surface area contributed by atoms with Crippen LogP contribution in [0.1, 0.15) is 50.8 Å². The summed E-state index contributed by atoms with van der Waals surface area (Å²) >= 11 is 0. The molecule has 0 bridgehead atoms. The monoisotopic (exact) mass is 276 g/mol. The second-order valence-corrected chi connectivity index (χ2v) is 6.42. The minimum absolute atomic E-state index is 0.196. The summed E-state index contributed by atoms with van der Waals surface area (Å²) in [5.41, 5.74) is 1.99. The first-order valence-electron chi connectivity index (χ1n) is 7.26. The maximum atomic E-state index is 12.0. The molecule has 1 aliphatic rings. The molecule has 4 heteroatoms. The Morgan fingerprint density at radius 1 is 1.35 bits per heavy atom. The highest BCUT2D eigenvalue weighted by atomic mass is 16.6. The minimum atomic E-state index is -0.423. The van der Waals surface area contributed by atoms with E-state index in [0.29, 0.717) is 5.92 Å². The van der Waals surface area contributed by atoms with Crippen molar-refractivity contribution in [3.8, 4) is 0 Å². The molecule has 1 saturated heterocycles. The third-order valence-corrected chi connectivity index (χ3v) is 3.63. The molecule has 2 heterocycles. The van der Waals surface area contributed by atoms with Crippen LogP contribution in [0.15, 0.2) is 18.3 Å². The van der Waals surface area contributed by atoms with Crippen molar-refractivity contribution >= 4 is 6.09 Å². The Bertz CT molecular complexity index is 472. The van der Waals surface area contributed by atoms with Crippen LogP contribution in [-0.2, 0) is 4.74 Å². The molecular formula is C16H24N2O2. The van der Waals surface area contributed by atoms with Gasteiger partial charge in [-0.15, -0.1) is 0 Å². The summed E-state index contributed by atoms with van der Waals surface area (Å²) in [5.74, 6) is 0.502. The molecule has 0 N–H and O–H groups in total. The fourth-order valence-electron chi connectivity index (χ4n) is 2.63. The van der Waals surface area contributed by atoms with Gasteiger partial charge in [-0.25, -0.2) is 4.79 Å². The lowest BCUT2D eigenvalue weighted by atomic mass is 9.89. The Balaban J connectivity index is 1.93. The number of pyridine rings is 1. The maximum absolute atomic E-state index is 12.0. The fourth-order valence-corrected chi connectivity index (χ4v) is 2.63. The average molecular weight is 276 g/mol. The zero-order chi connectivity index (χ0) is 14.8. The normalized spacial score (nSPS) is 17.1. The lowest BCUT2D eigenvalue weighted by molar-refractivity contribution is 0.0204. The first kappa shape index (κ1) is 14.8. The Hall–Kier alpha value is -1.58. The van der Waals surface area contributed by atoms with Crippen molar-refractivity contribution in [1.82, 2.24) is 9.88 Å². The largest absolute Gasteiger partial charge is 0.444 e. The van der Waals surface area contributed by atoms with Gasteiger partial charge in [0.1, 0.15) is 5.60 Å².